The van der Waals surface area contributed by atoms with E-state index in [0.717, 1.165) is 35.3 Å². The molecule has 1 saturated heterocycles. The van der Waals surface area contributed by atoms with Crippen LogP contribution in [-0.4, -0.2) is 17.9 Å². The zero-order valence-electron chi connectivity index (χ0n) is 11.1. The Morgan fingerprint density at radius 3 is 3.15 bits per heavy atom. The highest BCUT2D eigenvalue weighted by Gasteiger charge is 2.15. The molecule has 20 heavy (non-hydrogen) atoms. The molecule has 2 heterocycles. The van der Waals surface area contributed by atoms with E-state index in [-0.39, 0.29) is 6.23 Å². The molecule has 5 heteroatoms. The predicted molar refractivity (Wildman–Crippen MR) is 79.3 cm³/mol. The summed E-state index contributed by atoms with van der Waals surface area (Å²) in [5, 5.41) is 7.35. The molecule has 1 unspecified atom stereocenters. The molecule has 0 radical (unpaired) electrons. The van der Waals surface area contributed by atoms with Crippen LogP contribution in [0.1, 0.15) is 29.9 Å². The lowest BCUT2D eigenvalue weighted by molar-refractivity contribution is 0.0281. The number of nitrogens with zero attached hydrogens (tertiary/aromatic N) is 1. The van der Waals surface area contributed by atoms with Gasteiger partial charge in [-0.25, -0.2) is 0 Å². The van der Waals surface area contributed by atoms with E-state index in [1.165, 1.54) is 12.0 Å². The highest BCUT2D eigenvalue weighted by molar-refractivity contribution is 9.10. The first-order valence-electron chi connectivity index (χ1n) is 6.83. The van der Waals surface area contributed by atoms with Crippen molar-refractivity contribution in [1.29, 1.82) is 0 Å². The summed E-state index contributed by atoms with van der Waals surface area (Å²) in [7, 11) is 0. The average Bonchev–Trinajstić information content (AvgIpc) is 3.07. The van der Waals surface area contributed by atoms with Gasteiger partial charge < -0.3 is 9.26 Å². The first-order valence-corrected chi connectivity index (χ1v) is 7.63. The number of halogens is 1. The van der Waals surface area contributed by atoms with E-state index in [1.54, 1.807) is 0 Å². The topological polar surface area (TPSA) is 47.3 Å². The Bertz CT molecular complexity index is 565. The molecule has 0 spiro atoms. The van der Waals surface area contributed by atoms with Crippen LogP contribution < -0.4 is 5.32 Å². The molecule has 1 aromatic carbocycles. The number of rotatable bonds is 5. The Morgan fingerprint density at radius 1 is 1.40 bits per heavy atom. The van der Waals surface area contributed by atoms with E-state index in [1.807, 2.05) is 18.2 Å². The molecule has 106 valence electrons. The maximum atomic E-state index is 5.73. The van der Waals surface area contributed by atoms with Gasteiger partial charge in [0.15, 0.2) is 0 Å². The number of hydrogen-bond donors (Lipinski definition) is 1. The van der Waals surface area contributed by atoms with Crippen molar-refractivity contribution in [1.82, 2.24) is 10.5 Å². The molecule has 3 rings (SSSR count). The Kier molecular flexibility index (Phi) is 4.50. The van der Waals surface area contributed by atoms with Crippen LogP contribution in [0.4, 0.5) is 0 Å². The van der Waals surface area contributed by atoms with Crippen molar-refractivity contribution in [2.75, 3.05) is 6.54 Å². The molecule has 2 aromatic rings. The predicted octanol–water partition coefficient (Wildman–Crippen LogP) is 3.25. The molecular formula is C15H17BrN2O2. The van der Waals surface area contributed by atoms with Gasteiger partial charge in [-0.2, -0.15) is 0 Å². The van der Waals surface area contributed by atoms with Crippen molar-refractivity contribution in [3.05, 3.63) is 51.8 Å². The van der Waals surface area contributed by atoms with Crippen LogP contribution in [0.2, 0.25) is 0 Å². The van der Waals surface area contributed by atoms with Gasteiger partial charge in [-0.1, -0.05) is 33.2 Å². The standard InChI is InChI=1S/C15H17BrN2O2/c16-12-4-1-3-11(7-12)8-14-9-13(18-20-14)10-19-15-5-2-6-17-15/h1,3-4,7,9,15,17H,2,5-6,8,10H2. The first kappa shape index (κ1) is 13.8. The molecule has 1 atom stereocenters. The number of hydrogen-bond acceptors (Lipinski definition) is 4. The lowest BCUT2D eigenvalue weighted by atomic mass is 10.1. The summed E-state index contributed by atoms with van der Waals surface area (Å²) >= 11 is 3.47. The van der Waals surface area contributed by atoms with Crippen LogP contribution in [0.5, 0.6) is 0 Å². The summed E-state index contributed by atoms with van der Waals surface area (Å²) in [6.07, 6.45) is 3.16. The zero-order chi connectivity index (χ0) is 13.8. The monoisotopic (exact) mass is 336 g/mol. The third kappa shape index (κ3) is 3.69. The normalized spacial score (nSPS) is 18.6. The second kappa shape index (κ2) is 6.52. The van der Waals surface area contributed by atoms with Gasteiger partial charge in [0.2, 0.25) is 0 Å². The largest absolute Gasteiger partial charge is 0.361 e. The van der Waals surface area contributed by atoms with Gasteiger partial charge in [0.1, 0.15) is 17.7 Å². The summed E-state index contributed by atoms with van der Waals surface area (Å²) < 4.78 is 12.2. The van der Waals surface area contributed by atoms with Crippen LogP contribution in [0.15, 0.2) is 39.3 Å². The quantitative estimate of drug-likeness (QED) is 0.910. The summed E-state index contributed by atoms with van der Waals surface area (Å²) in [5.41, 5.74) is 2.05. The van der Waals surface area contributed by atoms with Gasteiger partial charge in [0.25, 0.3) is 0 Å². The van der Waals surface area contributed by atoms with Crippen molar-refractivity contribution < 1.29 is 9.26 Å². The minimum Gasteiger partial charge on any atom is -0.361 e. The number of benzene rings is 1. The van der Waals surface area contributed by atoms with Gasteiger partial charge in [-0.3, -0.25) is 5.32 Å². The van der Waals surface area contributed by atoms with Crippen molar-refractivity contribution in [3.8, 4) is 0 Å². The summed E-state index contributed by atoms with van der Waals surface area (Å²) in [6, 6.07) is 10.2. The second-order valence-corrected chi connectivity index (χ2v) is 5.90. The van der Waals surface area contributed by atoms with Crippen LogP contribution in [0.3, 0.4) is 0 Å². The smallest absolute Gasteiger partial charge is 0.141 e. The average molecular weight is 337 g/mol. The van der Waals surface area contributed by atoms with Crippen LogP contribution in [-0.2, 0) is 17.8 Å². The van der Waals surface area contributed by atoms with E-state index >= 15 is 0 Å². The molecular weight excluding hydrogens is 320 g/mol. The molecule has 0 bridgehead atoms. The molecule has 1 aromatic heterocycles. The summed E-state index contributed by atoms with van der Waals surface area (Å²) in [5.74, 6) is 0.862. The molecule has 4 nitrogen and oxygen atoms in total. The zero-order valence-corrected chi connectivity index (χ0v) is 12.7. The fraction of sp³-hybridized carbons (Fsp3) is 0.400. The van der Waals surface area contributed by atoms with Crippen LogP contribution in [0, 0.1) is 0 Å². The first-order chi connectivity index (χ1) is 9.79. The van der Waals surface area contributed by atoms with Crippen LogP contribution >= 0.6 is 15.9 Å². The number of ether oxygens (including phenoxy) is 1. The number of aromatic nitrogens is 1. The molecule has 0 amide bonds. The minimum atomic E-state index is 0.167. The fourth-order valence-corrected chi connectivity index (χ4v) is 2.78. The highest BCUT2D eigenvalue weighted by atomic mass is 79.9. The van der Waals surface area contributed by atoms with Crippen molar-refractivity contribution in [2.24, 2.45) is 0 Å². The van der Waals surface area contributed by atoms with E-state index in [2.05, 4.69) is 38.5 Å². The maximum Gasteiger partial charge on any atom is 0.141 e. The molecule has 1 fully saturated rings. The molecule has 1 aliphatic rings. The van der Waals surface area contributed by atoms with E-state index < -0.39 is 0 Å². The Morgan fingerprint density at radius 2 is 2.35 bits per heavy atom. The summed E-state index contributed by atoms with van der Waals surface area (Å²) in [6.45, 7) is 1.54. The van der Waals surface area contributed by atoms with Crippen LogP contribution in [0.25, 0.3) is 0 Å². The second-order valence-electron chi connectivity index (χ2n) is 4.99. The van der Waals surface area contributed by atoms with Gasteiger partial charge in [0, 0.05) is 17.0 Å². The highest BCUT2D eigenvalue weighted by Crippen LogP contribution is 2.17. The molecule has 1 N–H and O–H groups in total. The van der Waals surface area contributed by atoms with Gasteiger partial charge in [-0.15, -0.1) is 0 Å². The fourth-order valence-electron chi connectivity index (χ4n) is 2.34. The van der Waals surface area contributed by atoms with Gasteiger partial charge in [-0.05, 0) is 37.1 Å². The Labute approximate surface area is 126 Å². The molecule has 0 aliphatic carbocycles. The molecule has 1 aliphatic heterocycles. The lowest BCUT2D eigenvalue weighted by Gasteiger charge is -2.09. The van der Waals surface area contributed by atoms with E-state index in [9.17, 15) is 0 Å². The van der Waals surface area contributed by atoms with Crippen molar-refractivity contribution in [2.45, 2.75) is 32.1 Å². The lowest BCUT2D eigenvalue weighted by Crippen LogP contribution is -2.24. The third-order valence-electron chi connectivity index (χ3n) is 3.32. The SMILES string of the molecule is Brc1cccc(Cc2cc(COC3CCCN3)no2)c1. The third-order valence-corrected chi connectivity index (χ3v) is 3.82. The molecule has 0 saturated carbocycles. The van der Waals surface area contributed by atoms with Crippen molar-refractivity contribution in [3.63, 3.8) is 0 Å². The van der Waals surface area contributed by atoms with Gasteiger partial charge in [0.05, 0.1) is 6.61 Å². The van der Waals surface area contributed by atoms with Crippen molar-refractivity contribution >= 4 is 15.9 Å². The van der Waals surface area contributed by atoms with Gasteiger partial charge >= 0.3 is 0 Å². The maximum absolute atomic E-state index is 5.73. The number of nitrogens with one attached hydrogen (secondary N) is 1. The summed E-state index contributed by atoms with van der Waals surface area (Å²) in [4.78, 5) is 0. The minimum absolute atomic E-state index is 0.167. The van der Waals surface area contributed by atoms with E-state index in [4.69, 9.17) is 9.26 Å². The van der Waals surface area contributed by atoms with E-state index in [0.29, 0.717) is 6.61 Å². The Hall–Kier alpha value is -1.17. The Balaban J connectivity index is 1.56.